The van der Waals surface area contributed by atoms with Crippen LogP contribution in [0, 0.1) is 0 Å². The van der Waals surface area contributed by atoms with Crippen molar-refractivity contribution in [2.75, 3.05) is 25.0 Å². The average molecular weight is 277 g/mol. The van der Waals surface area contributed by atoms with Crippen molar-refractivity contribution in [1.29, 1.82) is 0 Å². The standard InChI is InChI=1S/C15H23N3O2/c1-3-18(4-2)15(20)12-7-9-13(10-8-12)17-14(19)6-5-11-16/h7-10H,3-6,11,16H2,1-2H3,(H,17,19). The molecule has 20 heavy (non-hydrogen) atoms. The number of amides is 2. The SMILES string of the molecule is CCN(CC)C(=O)c1ccc(NC(=O)CCCN)cc1. The molecule has 0 fully saturated rings. The second kappa shape index (κ2) is 8.32. The van der Waals surface area contributed by atoms with E-state index in [9.17, 15) is 9.59 Å². The highest BCUT2D eigenvalue weighted by atomic mass is 16.2. The van der Waals surface area contributed by atoms with Crippen LogP contribution in [0.15, 0.2) is 24.3 Å². The van der Waals surface area contributed by atoms with E-state index in [1.807, 2.05) is 13.8 Å². The molecule has 1 aromatic carbocycles. The molecule has 1 rings (SSSR count). The molecule has 5 heteroatoms. The van der Waals surface area contributed by atoms with Crippen molar-refractivity contribution in [2.45, 2.75) is 26.7 Å². The van der Waals surface area contributed by atoms with E-state index < -0.39 is 0 Å². The number of hydrogen-bond donors (Lipinski definition) is 2. The summed E-state index contributed by atoms with van der Waals surface area (Å²) in [6.07, 6.45) is 1.08. The van der Waals surface area contributed by atoms with Crippen molar-refractivity contribution in [3.05, 3.63) is 29.8 Å². The van der Waals surface area contributed by atoms with E-state index in [1.54, 1.807) is 29.2 Å². The summed E-state index contributed by atoms with van der Waals surface area (Å²) in [6.45, 7) is 5.78. The smallest absolute Gasteiger partial charge is 0.253 e. The van der Waals surface area contributed by atoms with Crippen LogP contribution in [-0.2, 0) is 4.79 Å². The fourth-order valence-electron chi connectivity index (χ4n) is 1.88. The van der Waals surface area contributed by atoms with Gasteiger partial charge in [0.25, 0.3) is 5.91 Å². The third-order valence-electron chi connectivity index (χ3n) is 3.07. The minimum atomic E-state index is -0.0572. The highest BCUT2D eigenvalue weighted by Crippen LogP contribution is 2.12. The van der Waals surface area contributed by atoms with Gasteiger partial charge in [0.05, 0.1) is 0 Å². The third-order valence-corrected chi connectivity index (χ3v) is 3.07. The minimum Gasteiger partial charge on any atom is -0.339 e. The first-order valence-corrected chi connectivity index (χ1v) is 7.01. The van der Waals surface area contributed by atoms with Crippen LogP contribution >= 0.6 is 0 Å². The van der Waals surface area contributed by atoms with E-state index in [-0.39, 0.29) is 11.8 Å². The van der Waals surface area contributed by atoms with E-state index in [0.29, 0.717) is 43.7 Å². The lowest BCUT2D eigenvalue weighted by molar-refractivity contribution is -0.116. The minimum absolute atomic E-state index is 0.0102. The van der Waals surface area contributed by atoms with Gasteiger partial charge >= 0.3 is 0 Å². The number of rotatable bonds is 7. The first kappa shape index (κ1) is 16.2. The molecule has 0 saturated heterocycles. The zero-order valence-corrected chi connectivity index (χ0v) is 12.2. The number of benzene rings is 1. The largest absolute Gasteiger partial charge is 0.339 e. The molecule has 0 aliphatic carbocycles. The maximum Gasteiger partial charge on any atom is 0.253 e. The van der Waals surface area contributed by atoms with Crippen LogP contribution in [0.2, 0.25) is 0 Å². The summed E-state index contributed by atoms with van der Waals surface area (Å²) in [5.41, 5.74) is 6.69. The molecule has 0 saturated carbocycles. The number of hydrogen-bond acceptors (Lipinski definition) is 3. The van der Waals surface area contributed by atoms with E-state index in [4.69, 9.17) is 5.73 Å². The molecule has 0 unspecified atom stereocenters. The second-order valence-electron chi connectivity index (χ2n) is 4.50. The zero-order valence-electron chi connectivity index (χ0n) is 12.2. The van der Waals surface area contributed by atoms with Crippen LogP contribution < -0.4 is 11.1 Å². The molecule has 0 radical (unpaired) electrons. The molecule has 1 aromatic rings. The lowest BCUT2D eigenvalue weighted by Crippen LogP contribution is -2.30. The first-order valence-electron chi connectivity index (χ1n) is 7.01. The number of nitrogens with two attached hydrogens (primary N) is 1. The number of nitrogens with one attached hydrogen (secondary N) is 1. The lowest BCUT2D eigenvalue weighted by atomic mass is 10.1. The van der Waals surface area contributed by atoms with Gasteiger partial charge in [-0.15, -0.1) is 0 Å². The maximum absolute atomic E-state index is 12.1. The lowest BCUT2D eigenvalue weighted by Gasteiger charge is -2.18. The predicted octanol–water partition coefficient (Wildman–Crippen LogP) is 1.85. The fraction of sp³-hybridized carbons (Fsp3) is 0.467. The Kier molecular flexibility index (Phi) is 6.73. The molecule has 0 bridgehead atoms. The van der Waals surface area contributed by atoms with Gasteiger partial charge in [0.15, 0.2) is 0 Å². The number of carbonyl (C=O) groups is 2. The average Bonchev–Trinajstić information content (AvgIpc) is 2.47. The van der Waals surface area contributed by atoms with Crippen LogP contribution in [0.5, 0.6) is 0 Å². The summed E-state index contributed by atoms with van der Waals surface area (Å²) >= 11 is 0. The summed E-state index contributed by atoms with van der Waals surface area (Å²) in [5.74, 6) is -0.0470. The van der Waals surface area contributed by atoms with Crippen LogP contribution in [0.25, 0.3) is 0 Å². The van der Waals surface area contributed by atoms with E-state index >= 15 is 0 Å². The van der Waals surface area contributed by atoms with Crippen LogP contribution in [0.1, 0.15) is 37.0 Å². The van der Waals surface area contributed by atoms with Crippen LogP contribution in [0.4, 0.5) is 5.69 Å². The van der Waals surface area contributed by atoms with Gasteiger partial charge in [-0.1, -0.05) is 0 Å². The summed E-state index contributed by atoms with van der Waals surface area (Å²) in [6, 6.07) is 6.96. The Hall–Kier alpha value is -1.88. The van der Waals surface area contributed by atoms with Crippen molar-refractivity contribution < 1.29 is 9.59 Å². The van der Waals surface area contributed by atoms with Gasteiger partial charge in [0, 0.05) is 30.8 Å². The number of anilines is 1. The molecule has 0 aliphatic heterocycles. The second-order valence-corrected chi connectivity index (χ2v) is 4.50. The molecular formula is C15H23N3O2. The molecule has 5 nitrogen and oxygen atoms in total. The highest BCUT2D eigenvalue weighted by Gasteiger charge is 2.12. The molecule has 2 amide bonds. The monoisotopic (exact) mass is 277 g/mol. The predicted molar refractivity (Wildman–Crippen MR) is 80.6 cm³/mol. The zero-order chi connectivity index (χ0) is 15.0. The number of carbonyl (C=O) groups excluding carboxylic acids is 2. The Morgan fingerprint density at radius 3 is 2.25 bits per heavy atom. The van der Waals surface area contributed by atoms with Crippen molar-refractivity contribution in [1.82, 2.24) is 4.90 Å². The first-order chi connectivity index (χ1) is 9.62. The van der Waals surface area contributed by atoms with Crippen molar-refractivity contribution in [3.8, 4) is 0 Å². The van der Waals surface area contributed by atoms with Gasteiger partial charge in [0.1, 0.15) is 0 Å². The van der Waals surface area contributed by atoms with Gasteiger partial charge in [-0.2, -0.15) is 0 Å². The van der Waals surface area contributed by atoms with E-state index in [2.05, 4.69) is 5.32 Å². The quantitative estimate of drug-likeness (QED) is 0.798. The topological polar surface area (TPSA) is 75.4 Å². The molecule has 0 aromatic heterocycles. The van der Waals surface area contributed by atoms with Crippen molar-refractivity contribution in [3.63, 3.8) is 0 Å². The van der Waals surface area contributed by atoms with Crippen LogP contribution in [0.3, 0.4) is 0 Å². The summed E-state index contributed by atoms with van der Waals surface area (Å²) in [7, 11) is 0. The van der Waals surface area contributed by atoms with Gasteiger partial charge in [0.2, 0.25) is 5.91 Å². The molecule has 0 heterocycles. The molecule has 3 N–H and O–H groups in total. The molecule has 0 aliphatic rings. The van der Waals surface area contributed by atoms with Crippen molar-refractivity contribution >= 4 is 17.5 Å². The summed E-state index contributed by atoms with van der Waals surface area (Å²) < 4.78 is 0. The van der Waals surface area contributed by atoms with Gasteiger partial charge in [-0.3, -0.25) is 9.59 Å². The van der Waals surface area contributed by atoms with E-state index in [1.165, 1.54) is 0 Å². The third kappa shape index (κ3) is 4.66. The van der Waals surface area contributed by atoms with Gasteiger partial charge in [-0.25, -0.2) is 0 Å². The Morgan fingerprint density at radius 2 is 1.75 bits per heavy atom. The Bertz CT molecular complexity index is 439. The Balaban J connectivity index is 2.64. The molecule has 0 spiro atoms. The Labute approximate surface area is 120 Å². The number of nitrogens with zero attached hydrogens (tertiary/aromatic N) is 1. The molecule has 0 atom stereocenters. The van der Waals surface area contributed by atoms with Gasteiger partial charge in [-0.05, 0) is 51.1 Å². The molecule has 110 valence electrons. The summed E-state index contributed by atoms with van der Waals surface area (Å²) in [5, 5.41) is 2.78. The molecular weight excluding hydrogens is 254 g/mol. The maximum atomic E-state index is 12.1. The summed E-state index contributed by atoms with van der Waals surface area (Å²) in [4.78, 5) is 25.4. The van der Waals surface area contributed by atoms with E-state index in [0.717, 1.165) is 0 Å². The van der Waals surface area contributed by atoms with Crippen LogP contribution in [-0.4, -0.2) is 36.3 Å². The normalized spacial score (nSPS) is 10.2. The van der Waals surface area contributed by atoms with Gasteiger partial charge < -0.3 is 16.0 Å². The highest BCUT2D eigenvalue weighted by molar-refractivity contribution is 5.95. The fourth-order valence-corrected chi connectivity index (χ4v) is 1.88. The van der Waals surface area contributed by atoms with Crippen molar-refractivity contribution in [2.24, 2.45) is 5.73 Å². The Morgan fingerprint density at radius 1 is 1.15 bits per heavy atom.